The third-order valence-electron chi connectivity index (χ3n) is 3.44. The van der Waals surface area contributed by atoms with Crippen LogP contribution in [-0.2, 0) is 14.3 Å². The maximum Gasteiger partial charge on any atom is 0.221 e. The lowest BCUT2D eigenvalue weighted by atomic mass is 10.1. The molecule has 1 saturated heterocycles. The van der Waals surface area contributed by atoms with Crippen LogP contribution in [0.4, 0.5) is 0 Å². The number of morpholine rings is 1. The van der Waals surface area contributed by atoms with Gasteiger partial charge in [-0.15, -0.1) is 12.4 Å². The maximum absolute atomic E-state index is 11.9. The summed E-state index contributed by atoms with van der Waals surface area (Å²) in [7, 11) is 1.63. The molecule has 2 atom stereocenters. The molecule has 1 aromatic carbocycles. The average molecular weight is 349 g/mol. The summed E-state index contributed by atoms with van der Waals surface area (Å²) in [5.74, 6) is -0.00554. The lowest BCUT2D eigenvalue weighted by Crippen LogP contribution is -2.44. The number of benzene rings is 1. The van der Waals surface area contributed by atoms with Gasteiger partial charge < -0.3 is 20.1 Å². The van der Waals surface area contributed by atoms with Gasteiger partial charge in [-0.1, -0.05) is 23.7 Å². The van der Waals surface area contributed by atoms with E-state index in [1.807, 2.05) is 24.3 Å². The van der Waals surface area contributed by atoms with Gasteiger partial charge in [0.2, 0.25) is 5.91 Å². The molecule has 7 heteroatoms. The monoisotopic (exact) mass is 348 g/mol. The van der Waals surface area contributed by atoms with Crippen molar-refractivity contribution in [1.82, 2.24) is 10.6 Å². The molecule has 0 radical (unpaired) electrons. The van der Waals surface area contributed by atoms with Crippen LogP contribution in [0.15, 0.2) is 24.3 Å². The first-order valence-electron chi connectivity index (χ1n) is 7.05. The van der Waals surface area contributed by atoms with Crippen LogP contribution in [0.5, 0.6) is 0 Å². The molecule has 1 aliphatic rings. The molecule has 1 aromatic rings. The van der Waals surface area contributed by atoms with Gasteiger partial charge in [-0.05, 0) is 17.7 Å². The van der Waals surface area contributed by atoms with Crippen molar-refractivity contribution >= 4 is 29.9 Å². The molecule has 2 rings (SSSR count). The van der Waals surface area contributed by atoms with E-state index < -0.39 is 0 Å². The van der Waals surface area contributed by atoms with Gasteiger partial charge in [-0.3, -0.25) is 4.79 Å². The minimum absolute atomic E-state index is 0. The van der Waals surface area contributed by atoms with E-state index in [0.717, 1.165) is 12.1 Å². The first-order valence-corrected chi connectivity index (χ1v) is 7.43. The highest BCUT2D eigenvalue weighted by Crippen LogP contribution is 2.18. The van der Waals surface area contributed by atoms with Gasteiger partial charge in [0, 0.05) is 37.7 Å². The Morgan fingerprint density at radius 1 is 1.50 bits per heavy atom. The summed E-state index contributed by atoms with van der Waals surface area (Å²) in [4.78, 5) is 11.9. The topological polar surface area (TPSA) is 59.6 Å². The van der Waals surface area contributed by atoms with Crippen LogP contribution in [-0.4, -0.2) is 45.4 Å². The molecular weight excluding hydrogens is 327 g/mol. The first kappa shape index (κ1) is 19.2. The number of carbonyl (C=O) groups is 1. The number of hydrogen-bond donors (Lipinski definition) is 2. The summed E-state index contributed by atoms with van der Waals surface area (Å²) in [6.45, 7) is 2.52. The maximum atomic E-state index is 11.9. The number of amides is 1. The molecule has 2 unspecified atom stereocenters. The van der Waals surface area contributed by atoms with Gasteiger partial charge in [0.1, 0.15) is 0 Å². The van der Waals surface area contributed by atoms with Gasteiger partial charge in [0.05, 0.1) is 19.3 Å². The third kappa shape index (κ3) is 6.10. The fourth-order valence-electron chi connectivity index (χ4n) is 2.27. The minimum atomic E-state index is -0.179. The summed E-state index contributed by atoms with van der Waals surface area (Å²) in [5, 5.41) is 6.84. The minimum Gasteiger partial charge on any atom is -0.378 e. The standard InChI is InChI=1S/C15H21ClN2O3.ClH/c1-20-14(11-2-4-12(16)5-3-11)9-18-15(19)8-13-10-21-7-6-17-13;/h2-5,13-14,17H,6-10H2,1H3,(H,18,19);1H. The highest BCUT2D eigenvalue weighted by atomic mass is 35.5. The van der Waals surface area contributed by atoms with E-state index in [9.17, 15) is 4.79 Å². The molecule has 1 aliphatic heterocycles. The second-order valence-corrected chi connectivity index (χ2v) is 5.45. The number of hydrogen-bond acceptors (Lipinski definition) is 4. The number of halogens is 2. The van der Waals surface area contributed by atoms with Crippen molar-refractivity contribution in [1.29, 1.82) is 0 Å². The Morgan fingerprint density at radius 3 is 2.82 bits per heavy atom. The first-order chi connectivity index (χ1) is 10.2. The van der Waals surface area contributed by atoms with Crippen LogP contribution in [0.2, 0.25) is 5.02 Å². The van der Waals surface area contributed by atoms with Crippen molar-refractivity contribution in [3.63, 3.8) is 0 Å². The zero-order valence-electron chi connectivity index (χ0n) is 12.5. The van der Waals surface area contributed by atoms with Gasteiger partial charge in [0.25, 0.3) is 0 Å². The Hall–Kier alpha value is -0.850. The summed E-state index contributed by atoms with van der Waals surface area (Å²) in [5.41, 5.74) is 0.987. The van der Waals surface area contributed by atoms with Gasteiger partial charge in [0.15, 0.2) is 0 Å². The van der Waals surface area contributed by atoms with Crippen LogP contribution in [0.3, 0.4) is 0 Å². The second kappa shape index (κ2) is 10.0. The predicted molar refractivity (Wildman–Crippen MR) is 88.7 cm³/mol. The zero-order valence-corrected chi connectivity index (χ0v) is 14.1. The largest absolute Gasteiger partial charge is 0.378 e. The predicted octanol–water partition coefficient (Wildman–Crippen LogP) is 1.94. The number of methoxy groups -OCH3 is 1. The molecule has 5 nitrogen and oxygen atoms in total. The number of rotatable bonds is 6. The Bertz CT molecular complexity index is 451. The molecule has 1 fully saturated rings. The molecule has 1 heterocycles. The van der Waals surface area contributed by atoms with Gasteiger partial charge >= 0.3 is 0 Å². The van der Waals surface area contributed by atoms with Crippen molar-refractivity contribution in [2.24, 2.45) is 0 Å². The summed E-state index contributed by atoms with van der Waals surface area (Å²) in [6, 6.07) is 7.52. The van der Waals surface area contributed by atoms with Gasteiger partial charge in [-0.25, -0.2) is 0 Å². The van der Waals surface area contributed by atoms with E-state index in [1.54, 1.807) is 7.11 Å². The lowest BCUT2D eigenvalue weighted by molar-refractivity contribution is -0.122. The van der Waals surface area contributed by atoms with E-state index >= 15 is 0 Å². The van der Waals surface area contributed by atoms with Crippen LogP contribution < -0.4 is 10.6 Å². The molecule has 1 amide bonds. The molecular formula is C15H22Cl2N2O3. The van der Waals surface area contributed by atoms with E-state index in [4.69, 9.17) is 21.1 Å². The normalized spacial score (nSPS) is 19.1. The van der Waals surface area contributed by atoms with Crippen LogP contribution in [0, 0.1) is 0 Å². The van der Waals surface area contributed by atoms with Crippen molar-refractivity contribution in [2.45, 2.75) is 18.6 Å². The Kier molecular flexibility index (Phi) is 8.75. The summed E-state index contributed by atoms with van der Waals surface area (Å²) >= 11 is 5.87. The van der Waals surface area contributed by atoms with Crippen LogP contribution >= 0.6 is 24.0 Å². The van der Waals surface area contributed by atoms with Crippen molar-refractivity contribution in [2.75, 3.05) is 33.4 Å². The highest BCUT2D eigenvalue weighted by molar-refractivity contribution is 6.30. The van der Waals surface area contributed by atoms with Crippen molar-refractivity contribution in [3.8, 4) is 0 Å². The molecule has 0 spiro atoms. The Morgan fingerprint density at radius 2 is 2.23 bits per heavy atom. The fourth-order valence-corrected chi connectivity index (χ4v) is 2.39. The molecule has 0 bridgehead atoms. The van der Waals surface area contributed by atoms with E-state index in [1.165, 1.54) is 0 Å². The number of nitrogens with one attached hydrogen (secondary N) is 2. The quantitative estimate of drug-likeness (QED) is 0.824. The van der Waals surface area contributed by atoms with E-state index in [2.05, 4.69) is 10.6 Å². The average Bonchev–Trinajstić information content (AvgIpc) is 2.50. The van der Waals surface area contributed by atoms with E-state index in [-0.39, 0.29) is 30.5 Å². The third-order valence-corrected chi connectivity index (χ3v) is 3.69. The molecule has 2 N–H and O–H groups in total. The highest BCUT2D eigenvalue weighted by Gasteiger charge is 2.18. The number of carbonyl (C=O) groups excluding carboxylic acids is 1. The molecule has 0 aliphatic carbocycles. The fraction of sp³-hybridized carbons (Fsp3) is 0.533. The lowest BCUT2D eigenvalue weighted by Gasteiger charge is -2.23. The van der Waals surface area contributed by atoms with Crippen LogP contribution in [0.1, 0.15) is 18.1 Å². The Labute approximate surface area is 142 Å². The van der Waals surface area contributed by atoms with Crippen LogP contribution in [0.25, 0.3) is 0 Å². The number of ether oxygens (including phenoxy) is 2. The van der Waals surface area contributed by atoms with E-state index in [0.29, 0.717) is 31.2 Å². The summed E-state index contributed by atoms with van der Waals surface area (Å²) in [6.07, 6.45) is 0.235. The van der Waals surface area contributed by atoms with Crippen molar-refractivity contribution in [3.05, 3.63) is 34.9 Å². The second-order valence-electron chi connectivity index (χ2n) is 5.01. The molecule has 22 heavy (non-hydrogen) atoms. The smallest absolute Gasteiger partial charge is 0.221 e. The summed E-state index contributed by atoms with van der Waals surface area (Å²) < 4.78 is 10.7. The van der Waals surface area contributed by atoms with Crippen molar-refractivity contribution < 1.29 is 14.3 Å². The molecule has 0 saturated carbocycles. The molecule has 124 valence electrons. The SMILES string of the molecule is COC(CNC(=O)CC1COCCN1)c1ccc(Cl)cc1.Cl. The Balaban J connectivity index is 0.00000242. The van der Waals surface area contributed by atoms with Gasteiger partial charge in [-0.2, -0.15) is 0 Å². The zero-order chi connectivity index (χ0) is 15.1. The molecule has 0 aromatic heterocycles.